The average Bonchev–Trinajstić information content (AvgIpc) is 3.05. The molecule has 2 heterocycles. The lowest BCUT2D eigenvalue weighted by Gasteiger charge is -2.25. The molecular weight excluding hydrogens is 310 g/mol. The van der Waals surface area contributed by atoms with Gasteiger partial charge in [0, 0.05) is 19.0 Å². The van der Waals surface area contributed by atoms with Crippen LogP contribution in [0.2, 0.25) is 0 Å². The zero-order chi connectivity index (χ0) is 17.4. The summed E-state index contributed by atoms with van der Waals surface area (Å²) >= 11 is 0. The van der Waals surface area contributed by atoms with E-state index in [2.05, 4.69) is 84.3 Å². The molecule has 25 heavy (non-hydrogen) atoms. The van der Waals surface area contributed by atoms with Crippen molar-refractivity contribution in [1.29, 1.82) is 0 Å². The van der Waals surface area contributed by atoms with Crippen LogP contribution >= 0.6 is 0 Å². The van der Waals surface area contributed by atoms with Crippen molar-refractivity contribution >= 4 is 0 Å². The first kappa shape index (κ1) is 16.0. The molecule has 0 saturated heterocycles. The first-order chi connectivity index (χ1) is 12.1. The van der Waals surface area contributed by atoms with E-state index in [1.54, 1.807) is 0 Å². The summed E-state index contributed by atoms with van der Waals surface area (Å²) in [6, 6.07) is 17.4. The van der Waals surface area contributed by atoms with E-state index >= 15 is 0 Å². The Morgan fingerprint density at radius 1 is 0.880 bits per heavy atom. The van der Waals surface area contributed by atoms with Crippen LogP contribution < -0.4 is 0 Å². The van der Waals surface area contributed by atoms with Gasteiger partial charge in [-0.05, 0) is 29.2 Å². The Balaban J connectivity index is 1.72. The minimum Gasteiger partial charge on any atom is -0.338 e. The summed E-state index contributed by atoms with van der Waals surface area (Å²) in [4.78, 5) is 7.01. The van der Waals surface area contributed by atoms with Crippen molar-refractivity contribution in [3.05, 3.63) is 71.4 Å². The third-order valence-electron chi connectivity index (χ3n) is 4.95. The summed E-state index contributed by atoms with van der Waals surface area (Å²) < 4.78 is 5.55. The standard InChI is InChI=1S/C21H23N3O/c1-14(2)20-22-21(25-23-20)15(3)24-12-16-8-4-6-10-18(16)19-11-7-5-9-17(19)13-24/h4-11,14-15H,12-13H2,1-3H3/t15-/m1/s1. The van der Waals surface area contributed by atoms with Crippen molar-refractivity contribution in [2.24, 2.45) is 0 Å². The summed E-state index contributed by atoms with van der Waals surface area (Å²) in [6.07, 6.45) is 0. The van der Waals surface area contributed by atoms with E-state index in [-0.39, 0.29) is 12.0 Å². The predicted molar refractivity (Wildman–Crippen MR) is 97.9 cm³/mol. The SMILES string of the molecule is CC(C)c1noc([C@@H](C)N2Cc3ccccc3-c3ccccc3C2)n1. The molecule has 0 saturated carbocycles. The van der Waals surface area contributed by atoms with E-state index in [4.69, 9.17) is 4.52 Å². The highest BCUT2D eigenvalue weighted by Gasteiger charge is 2.26. The highest BCUT2D eigenvalue weighted by Crippen LogP contribution is 2.35. The second kappa shape index (κ2) is 6.45. The molecule has 0 amide bonds. The van der Waals surface area contributed by atoms with Crippen molar-refractivity contribution in [3.63, 3.8) is 0 Å². The highest BCUT2D eigenvalue weighted by molar-refractivity contribution is 5.71. The number of rotatable bonds is 3. The van der Waals surface area contributed by atoms with Gasteiger partial charge in [0.15, 0.2) is 5.82 Å². The maximum absolute atomic E-state index is 5.55. The van der Waals surface area contributed by atoms with Crippen LogP contribution in [0, 0.1) is 0 Å². The van der Waals surface area contributed by atoms with Crippen LogP contribution in [0.3, 0.4) is 0 Å². The van der Waals surface area contributed by atoms with E-state index in [1.165, 1.54) is 22.3 Å². The zero-order valence-corrected chi connectivity index (χ0v) is 14.9. The van der Waals surface area contributed by atoms with Gasteiger partial charge in [-0.1, -0.05) is 67.5 Å². The predicted octanol–water partition coefficient (Wildman–Crippen LogP) is 4.94. The van der Waals surface area contributed by atoms with Gasteiger partial charge >= 0.3 is 0 Å². The molecule has 0 unspecified atom stereocenters. The molecule has 0 N–H and O–H groups in total. The van der Waals surface area contributed by atoms with Crippen LogP contribution in [0.15, 0.2) is 53.1 Å². The smallest absolute Gasteiger partial charge is 0.243 e. The fourth-order valence-electron chi connectivity index (χ4n) is 3.42. The number of benzene rings is 2. The molecule has 0 radical (unpaired) electrons. The third-order valence-corrected chi connectivity index (χ3v) is 4.95. The molecule has 0 aliphatic carbocycles. The molecule has 1 aromatic heterocycles. The second-order valence-electron chi connectivity index (χ2n) is 7.04. The van der Waals surface area contributed by atoms with Crippen LogP contribution in [0.25, 0.3) is 11.1 Å². The fraction of sp³-hybridized carbons (Fsp3) is 0.333. The van der Waals surface area contributed by atoms with Gasteiger partial charge in [-0.2, -0.15) is 4.98 Å². The highest BCUT2D eigenvalue weighted by atomic mass is 16.5. The Bertz CT molecular complexity index is 837. The number of hydrogen-bond acceptors (Lipinski definition) is 4. The number of aromatic nitrogens is 2. The van der Waals surface area contributed by atoms with Crippen molar-refractivity contribution < 1.29 is 4.52 Å². The second-order valence-corrected chi connectivity index (χ2v) is 7.04. The van der Waals surface area contributed by atoms with Gasteiger partial charge in [-0.25, -0.2) is 0 Å². The monoisotopic (exact) mass is 333 g/mol. The first-order valence-electron chi connectivity index (χ1n) is 8.87. The van der Waals surface area contributed by atoms with E-state index in [0.29, 0.717) is 5.89 Å². The molecule has 3 aromatic rings. The summed E-state index contributed by atoms with van der Waals surface area (Å²) in [6.45, 7) is 8.04. The van der Waals surface area contributed by atoms with Crippen LogP contribution in [0.4, 0.5) is 0 Å². The molecule has 4 nitrogen and oxygen atoms in total. The van der Waals surface area contributed by atoms with Gasteiger partial charge in [-0.15, -0.1) is 0 Å². The maximum atomic E-state index is 5.55. The van der Waals surface area contributed by atoms with Crippen molar-refractivity contribution in [2.45, 2.75) is 45.8 Å². The summed E-state index contributed by atoms with van der Waals surface area (Å²) in [5.74, 6) is 1.74. The van der Waals surface area contributed by atoms with E-state index in [1.807, 2.05) is 0 Å². The minimum absolute atomic E-state index is 0.0687. The molecule has 4 rings (SSSR count). The molecule has 4 heteroatoms. The molecule has 2 aromatic carbocycles. The van der Waals surface area contributed by atoms with Gasteiger partial charge in [0.25, 0.3) is 0 Å². The topological polar surface area (TPSA) is 42.2 Å². The van der Waals surface area contributed by atoms with Gasteiger partial charge in [0.1, 0.15) is 0 Å². The summed E-state index contributed by atoms with van der Waals surface area (Å²) in [5, 5.41) is 4.13. The quantitative estimate of drug-likeness (QED) is 0.681. The third kappa shape index (κ3) is 2.98. The zero-order valence-electron chi connectivity index (χ0n) is 14.9. The molecule has 1 aliphatic heterocycles. The normalized spacial score (nSPS) is 15.5. The Kier molecular flexibility index (Phi) is 4.14. The molecular formula is C21H23N3O. The molecule has 1 aliphatic rings. The van der Waals surface area contributed by atoms with Crippen LogP contribution in [0.1, 0.15) is 55.6 Å². The minimum atomic E-state index is 0.0687. The van der Waals surface area contributed by atoms with Crippen molar-refractivity contribution in [3.8, 4) is 11.1 Å². The first-order valence-corrected chi connectivity index (χ1v) is 8.87. The number of nitrogens with zero attached hydrogens (tertiary/aromatic N) is 3. The Labute approximate surface area is 148 Å². The largest absolute Gasteiger partial charge is 0.338 e. The van der Waals surface area contributed by atoms with Crippen molar-refractivity contribution in [1.82, 2.24) is 15.0 Å². The Hall–Kier alpha value is -2.46. The van der Waals surface area contributed by atoms with Gasteiger partial charge in [0.05, 0.1) is 6.04 Å². The molecule has 128 valence electrons. The summed E-state index contributed by atoms with van der Waals surface area (Å²) in [5.41, 5.74) is 5.31. The molecule has 0 spiro atoms. The molecule has 0 bridgehead atoms. The lowest BCUT2D eigenvalue weighted by Crippen LogP contribution is -2.25. The molecule has 0 fully saturated rings. The maximum Gasteiger partial charge on any atom is 0.243 e. The number of hydrogen-bond donors (Lipinski definition) is 0. The van der Waals surface area contributed by atoms with E-state index in [0.717, 1.165) is 18.9 Å². The fourth-order valence-corrected chi connectivity index (χ4v) is 3.42. The van der Waals surface area contributed by atoms with Crippen LogP contribution in [-0.4, -0.2) is 15.0 Å². The Morgan fingerprint density at radius 3 is 1.96 bits per heavy atom. The van der Waals surface area contributed by atoms with Crippen LogP contribution in [0.5, 0.6) is 0 Å². The number of fused-ring (bicyclic) bond motifs is 3. The Morgan fingerprint density at radius 2 is 1.44 bits per heavy atom. The molecule has 1 atom stereocenters. The van der Waals surface area contributed by atoms with Gasteiger partial charge in [0.2, 0.25) is 5.89 Å². The van der Waals surface area contributed by atoms with E-state index < -0.39 is 0 Å². The van der Waals surface area contributed by atoms with E-state index in [9.17, 15) is 0 Å². The van der Waals surface area contributed by atoms with Gasteiger partial charge in [-0.3, -0.25) is 4.90 Å². The average molecular weight is 333 g/mol. The van der Waals surface area contributed by atoms with Crippen molar-refractivity contribution in [2.75, 3.05) is 0 Å². The van der Waals surface area contributed by atoms with Gasteiger partial charge < -0.3 is 4.52 Å². The lowest BCUT2D eigenvalue weighted by atomic mass is 9.97. The lowest BCUT2D eigenvalue weighted by molar-refractivity contribution is 0.158. The summed E-state index contributed by atoms with van der Waals surface area (Å²) in [7, 11) is 0. The van der Waals surface area contributed by atoms with Crippen LogP contribution in [-0.2, 0) is 13.1 Å².